The van der Waals surface area contributed by atoms with Gasteiger partial charge in [0.05, 0.1) is 24.7 Å². The molecular weight excluding hydrogens is 368 g/mol. The average Bonchev–Trinajstić information content (AvgIpc) is 2.98. The van der Waals surface area contributed by atoms with Crippen LogP contribution in [0.5, 0.6) is 0 Å². The number of amides is 2. The minimum atomic E-state index is -0.208. The van der Waals surface area contributed by atoms with Crippen LogP contribution < -0.4 is 10.6 Å². The first-order valence-corrected chi connectivity index (χ1v) is 11.3. The minimum absolute atomic E-state index is 0.00280. The molecule has 1 fully saturated rings. The van der Waals surface area contributed by atoms with E-state index in [-0.39, 0.29) is 42.5 Å². The van der Waals surface area contributed by atoms with Crippen LogP contribution in [0.2, 0.25) is 0 Å². The maximum Gasteiger partial charge on any atom is 0.242 e. The summed E-state index contributed by atoms with van der Waals surface area (Å²) in [5.74, 6) is 0.381. The predicted molar refractivity (Wildman–Crippen MR) is 118 cm³/mol. The van der Waals surface area contributed by atoms with Crippen LogP contribution in [0.4, 0.5) is 0 Å². The highest BCUT2D eigenvalue weighted by molar-refractivity contribution is 5.87. The van der Waals surface area contributed by atoms with Crippen LogP contribution in [0.1, 0.15) is 53.9 Å². The Hall–Kier alpha value is -1.18. The van der Waals surface area contributed by atoms with E-state index in [9.17, 15) is 9.59 Å². The Morgan fingerprint density at radius 1 is 1.14 bits per heavy atom. The van der Waals surface area contributed by atoms with Crippen molar-refractivity contribution in [2.45, 2.75) is 72.1 Å². The molecule has 1 heterocycles. The summed E-state index contributed by atoms with van der Waals surface area (Å²) in [6, 6.07) is -0.210. The third-order valence-electron chi connectivity index (χ3n) is 6.24. The fraction of sp³-hybridized carbons (Fsp3) is 0.909. The van der Waals surface area contributed by atoms with Crippen LogP contribution in [-0.4, -0.2) is 86.7 Å². The van der Waals surface area contributed by atoms with Gasteiger partial charge in [-0.15, -0.1) is 0 Å². The van der Waals surface area contributed by atoms with Gasteiger partial charge in [0.15, 0.2) is 0 Å². The molecule has 0 aromatic carbocycles. The Bertz CT molecular complexity index is 488. The highest BCUT2D eigenvalue weighted by Gasteiger charge is 2.33. The van der Waals surface area contributed by atoms with Gasteiger partial charge in [-0.3, -0.25) is 14.5 Å². The first kappa shape index (κ1) is 25.9. The number of methoxy groups -OCH3 is 1. The molecule has 0 bridgehead atoms. The number of nitrogens with one attached hydrogen (secondary N) is 2. The highest BCUT2D eigenvalue weighted by Crippen LogP contribution is 2.21. The van der Waals surface area contributed by atoms with Gasteiger partial charge in [-0.1, -0.05) is 41.0 Å². The molecule has 0 saturated carbocycles. The van der Waals surface area contributed by atoms with Crippen LogP contribution in [0, 0.1) is 11.8 Å². The molecule has 7 nitrogen and oxygen atoms in total. The maximum atomic E-state index is 13.0. The van der Waals surface area contributed by atoms with Gasteiger partial charge in [0, 0.05) is 33.8 Å². The van der Waals surface area contributed by atoms with Gasteiger partial charge in [-0.25, -0.2) is 0 Å². The number of carbonyl (C=O) groups is 2. The number of nitrogens with zero attached hydrogens (tertiary/aromatic N) is 2. The summed E-state index contributed by atoms with van der Waals surface area (Å²) < 4.78 is 5.65. The van der Waals surface area contributed by atoms with E-state index in [2.05, 4.69) is 50.2 Å². The smallest absolute Gasteiger partial charge is 0.242 e. The van der Waals surface area contributed by atoms with Crippen molar-refractivity contribution in [1.82, 2.24) is 20.4 Å². The molecule has 170 valence electrons. The number of hydrogen-bond donors (Lipinski definition) is 2. The summed E-state index contributed by atoms with van der Waals surface area (Å²) in [5.41, 5.74) is 0. The summed E-state index contributed by atoms with van der Waals surface area (Å²) in [4.78, 5) is 29.9. The van der Waals surface area contributed by atoms with E-state index in [0.29, 0.717) is 5.92 Å². The lowest BCUT2D eigenvalue weighted by atomic mass is 9.91. The van der Waals surface area contributed by atoms with Crippen LogP contribution in [-0.2, 0) is 14.3 Å². The van der Waals surface area contributed by atoms with Gasteiger partial charge in [-0.2, -0.15) is 0 Å². The van der Waals surface area contributed by atoms with Crippen molar-refractivity contribution in [2.75, 3.05) is 46.9 Å². The molecule has 1 rings (SSSR count). The fourth-order valence-corrected chi connectivity index (χ4v) is 4.38. The Morgan fingerprint density at radius 3 is 2.38 bits per heavy atom. The molecule has 4 unspecified atom stereocenters. The third kappa shape index (κ3) is 7.54. The van der Waals surface area contributed by atoms with Crippen molar-refractivity contribution in [3.63, 3.8) is 0 Å². The fourth-order valence-electron chi connectivity index (χ4n) is 4.38. The van der Waals surface area contributed by atoms with E-state index < -0.39 is 0 Å². The molecule has 29 heavy (non-hydrogen) atoms. The van der Waals surface area contributed by atoms with Crippen LogP contribution in [0.25, 0.3) is 0 Å². The maximum absolute atomic E-state index is 13.0. The standard InChI is InChI=1S/C22H44N4O3/c1-8-17(5)21(18(9-2)29-7)25(6)19(27)15-24-22(28)20(16(3)4)26-13-10-11-23-12-14-26/h16-18,20-21,23H,8-15H2,1-7H3,(H,24,28). The van der Waals surface area contributed by atoms with Gasteiger partial charge in [-0.05, 0) is 31.2 Å². The van der Waals surface area contributed by atoms with Crippen molar-refractivity contribution in [3.05, 3.63) is 0 Å². The van der Waals surface area contributed by atoms with Crippen molar-refractivity contribution in [1.29, 1.82) is 0 Å². The molecule has 2 N–H and O–H groups in total. The van der Waals surface area contributed by atoms with Gasteiger partial charge in [0.2, 0.25) is 11.8 Å². The van der Waals surface area contributed by atoms with E-state index in [0.717, 1.165) is 45.4 Å². The summed E-state index contributed by atoms with van der Waals surface area (Å²) in [6.07, 6.45) is 2.83. The molecule has 1 saturated heterocycles. The topological polar surface area (TPSA) is 73.9 Å². The second-order valence-corrected chi connectivity index (χ2v) is 8.61. The Balaban J connectivity index is 2.76. The van der Waals surface area contributed by atoms with E-state index in [1.807, 2.05) is 7.05 Å². The summed E-state index contributed by atoms with van der Waals surface area (Å²) in [5, 5.41) is 6.30. The monoisotopic (exact) mass is 412 g/mol. The molecule has 7 heteroatoms. The van der Waals surface area contributed by atoms with Gasteiger partial charge in [0.25, 0.3) is 0 Å². The average molecular weight is 413 g/mol. The summed E-state index contributed by atoms with van der Waals surface area (Å²) >= 11 is 0. The Labute approximate surface area is 177 Å². The summed E-state index contributed by atoms with van der Waals surface area (Å²) in [6.45, 7) is 14.2. The predicted octanol–water partition coefficient (Wildman–Crippen LogP) is 1.72. The molecule has 0 aliphatic carbocycles. The Kier molecular flexibility index (Phi) is 11.8. The molecular formula is C22H44N4O3. The minimum Gasteiger partial charge on any atom is -0.379 e. The Morgan fingerprint density at radius 2 is 1.83 bits per heavy atom. The number of carbonyl (C=O) groups excluding carboxylic acids is 2. The third-order valence-corrected chi connectivity index (χ3v) is 6.24. The zero-order valence-corrected chi connectivity index (χ0v) is 19.7. The zero-order valence-electron chi connectivity index (χ0n) is 19.7. The lowest BCUT2D eigenvalue weighted by Crippen LogP contribution is -2.54. The quantitative estimate of drug-likeness (QED) is 0.541. The molecule has 1 aliphatic rings. The number of ether oxygens (including phenoxy) is 1. The van der Waals surface area contributed by atoms with E-state index >= 15 is 0 Å². The van der Waals surface area contributed by atoms with Gasteiger partial charge >= 0.3 is 0 Å². The second kappa shape index (κ2) is 13.2. The normalized spacial score (nSPS) is 19.9. The van der Waals surface area contributed by atoms with E-state index in [1.54, 1.807) is 12.0 Å². The molecule has 4 atom stereocenters. The van der Waals surface area contributed by atoms with Crippen LogP contribution in [0.3, 0.4) is 0 Å². The number of hydrogen-bond acceptors (Lipinski definition) is 5. The van der Waals surface area contributed by atoms with E-state index in [1.165, 1.54) is 0 Å². The largest absolute Gasteiger partial charge is 0.379 e. The summed E-state index contributed by atoms with van der Waals surface area (Å²) in [7, 11) is 3.53. The molecule has 1 aliphatic heterocycles. The number of likely N-dealkylation sites (N-methyl/N-ethyl adjacent to an activating group) is 1. The molecule has 0 aromatic heterocycles. The zero-order chi connectivity index (χ0) is 22.0. The van der Waals surface area contributed by atoms with Crippen LogP contribution in [0.15, 0.2) is 0 Å². The van der Waals surface area contributed by atoms with E-state index in [4.69, 9.17) is 4.74 Å². The van der Waals surface area contributed by atoms with Crippen molar-refractivity contribution < 1.29 is 14.3 Å². The molecule has 0 radical (unpaired) electrons. The van der Waals surface area contributed by atoms with Gasteiger partial charge in [0.1, 0.15) is 0 Å². The lowest BCUT2D eigenvalue weighted by Gasteiger charge is -2.38. The van der Waals surface area contributed by atoms with Crippen LogP contribution >= 0.6 is 0 Å². The first-order valence-electron chi connectivity index (χ1n) is 11.3. The van der Waals surface area contributed by atoms with Crippen molar-refractivity contribution >= 4 is 11.8 Å². The first-order chi connectivity index (χ1) is 13.8. The molecule has 2 amide bonds. The SMILES string of the molecule is CCC(C)C(C(CC)OC)N(C)C(=O)CNC(=O)C(C(C)C)N1CCCNCC1. The molecule has 0 spiro atoms. The van der Waals surface area contributed by atoms with Crippen molar-refractivity contribution in [2.24, 2.45) is 11.8 Å². The van der Waals surface area contributed by atoms with Gasteiger partial charge < -0.3 is 20.3 Å². The lowest BCUT2D eigenvalue weighted by molar-refractivity contribution is -0.138. The number of rotatable bonds is 11. The molecule has 0 aromatic rings. The van der Waals surface area contributed by atoms with Crippen molar-refractivity contribution in [3.8, 4) is 0 Å². The highest BCUT2D eigenvalue weighted by atomic mass is 16.5. The second-order valence-electron chi connectivity index (χ2n) is 8.61.